The Hall–Kier alpha value is -2.77. The van der Waals surface area contributed by atoms with Crippen LogP contribution in [0, 0.1) is 5.92 Å². The summed E-state index contributed by atoms with van der Waals surface area (Å²) in [5, 5.41) is 0. The van der Waals surface area contributed by atoms with Gasteiger partial charge in [0.1, 0.15) is 14.9 Å². The van der Waals surface area contributed by atoms with Crippen LogP contribution in [0.25, 0.3) is 0 Å². The number of esters is 1. The summed E-state index contributed by atoms with van der Waals surface area (Å²) < 4.78 is 86.7. The van der Waals surface area contributed by atoms with Crippen LogP contribution in [0.2, 0.25) is 0 Å². The summed E-state index contributed by atoms with van der Waals surface area (Å²) in [6.45, 7) is 4.38. The Morgan fingerprint density at radius 3 is 2.69 bits per heavy atom. The molecule has 2 amide bonds. The van der Waals surface area contributed by atoms with Gasteiger partial charge in [-0.1, -0.05) is 19.9 Å². The van der Waals surface area contributed by atoms with Crippen LogP contribution in [0.3, 0.4) is 0 Å². The molecule has 8 nitrogen and oxygen atoms in total. The molecule has 0 radical (unpaired) electrons. The molecule has 0 spiro atoms. The highest BCUT2D eigenvalue weighted by Crippen LogP contribution is 2.37. The molecule has 1 aromatic rings. The highest BCUT2D eigenvalue weighted by molar-refractivity contribution is 5.99. The van der Waals surface area contributed by atoms with Crippen molar-refractivity contribution >= 4 is 18.0 Å². The molecule has 0 unspecified atom stereocenters. The van der Waals surface area contributed by atoms with E-state index in [1.807, 2.05) is 0 Å². The minimum absolute atomic E-state index is 0.278. The maximum absolute atomic E-state index is 14.0. The van der Waals surface area contributed by atoms with Gasteiger partial charge in [0.05, 0.1) is 22.4 Å². The van der Waals surface area contributed by atoms with E-state index in [0.29, 0.717) is 4.90 Å². The number of carbonyl (C=O) groups is 3. The van der Waals surface area contributed by atoms with Crippen molar-refractivity contribution in [2.75, 3.05) is 13.4 Å². The molecule has 2 aliphatic heterocycles. The van der Waals surface area contributed by atoms with Crippen LogP contribution >= 0.6 is 0 Å². The largest absolute Gasteiger partial charge is 0.460 e. The van der Waals surface area contributed by atoms with Gasteiger partial charge in [-0.15, -0.1) is 0 Å². The van der Waals surface area contributed by atoms with Crippen molar-refractivity contribution in [3.8, 4) is 11.5 Å². The molecule has 0 aromatic heterocycles. The Morgan fingerprint density at radius 1 is 1.34 bits per heavy atom. The standard InChI is InChI=1S/C21H27NO7/c1-12(2)15-10-26-20(25)22(15)19(24)14(9-18(23)29-21(3,4)5)13-6-7-16-17(8-13)28-11-27-16/h6-8,12,14-15H,9-11H2,1-5H3/t14-,15+/m0/s1/i6D,7D,8D,9D2,11D2,14D. The summed E-state index contributed by atoms with van der Waals surface area (Å²) in [4.78, 5) is 40.1. The monoisotopic (exact) mass is 413 g/mol. The fourth-order valence-corrected chi connectivity index (χ4v) is 2.66. The van der Waals surface area contributed by atoms with Crippen LogP contribution in [0.4, 0.5) is 4.79 Å². The minimum atomic E-state index is -3.63. The SMILES string of the molecule is [2H]c1c([2H])c([C@@]([2H])(C(=O)N2C(=O)OC[C@@H]2C(C)C)C([2H])([2H])C(=O)OC(C)(C)C)c([2H])c2c1OC([2H])([2H])O2. The van der Waals surface area contributed by atoms with E-state index in [1.165, 1.54) is 20.8 Å². The zero-order chi connectivity index (χ0) is 28.5. The number of carbonyl (C=O) groups excluding carboxylic acids is 3. The highest BCUT2D eigenvalue weighted by atomic mass is 16.7. The van der Waals surface area contributed by atoms with Gasteiger partial charge in [0.25, 0.3) is 0 Å². The molecule has 2 aliphatic rings. The summed E-state index contributed by atoms with van der Waals surface area (Å²) in [5.41, 5.74) is -2.39. The first-order valence-electron chi connectivity index (χ1n) is 12.9. The molecule has 0 bridgehead atoms. The highest BCUT2D eigenvalue weighted by Gasteiger charge is 2.43. The maximum atomic E-state index is 14.0. The number of rotatable bonds is 5. The van der Waals surface area contributed by atoms with Crippen molar-refractivity contribution < 1.29 is 44.3 Å². The van der Waals surface area contributed by atoms with E-state index in [4.69, 9.17) is 29.9 Å². The van der Waals surface area contributed by atoms with Crippen molar-refractivity contribution in [1.82, 2.24) is 4.90 Å². The van der Waals surface area contributed by atoms with E-state index < -0.39 is 89.7 Å². The topological polar surface area (TPSA) is 91.4 Å². The summed E-state index contributed by atoms with van der Waals surface area (Å²) >= 11 is 0. The second kappa shape index (κ2) is 7.93. The fourth-order valence-electron chi connectivity index (χ4n) is 2.66. The number of imide groups is 1. The van der Waals surface area contributed by atoms with Gasteiger partial charge in [-0.2, -0.15) is 0 Å². The smallest absolute Gasteiger partial charge is 0.417 e. The molecule has 2 heterocycles. The summed E-state index contributed by atoms with van der Waals surface area (Å²) in [7, 11) is 0. The van der Waals surface area contributed by atoms with E-state index in [-0.39, 0.29) is 6.61 Å². The Balaban J connectivity index is 2.36. The Bertz CT molecular complexity index is 1170. The lowest BCUT2D eigenvalue weighted by molar-refractivity contribution is -0.157. The van der Waals surface area contributed by atoms with Crippen molar-refractivity contribution in [2.24, 2.45) is 5.92 Å². The van der Waals surface area contributed by atoms with Gasteiger partial charge in [0.15, 0.2) is 11.5 Å². The average Bonchev–Trinajstić information content (AvgIpc) is 3.29. The Kier molecular flexibility index (Phi) is 3.48. The van der Waals surface area contributed by atoms with Crippen molar-refractivity contribution in [3.63, 3.8) is 0 Å². The second-order valence-electron chi connectivity index (χ2n) is 7.76. The zero-order valence-corrected chi connectivity index (χ0v) is 16.7. The molecule has 29 heavy (non-hydrogen) atoms. The molecular weight excluding hydrogens is 378 g/mol. The number of amides is 2. The lowest BCUT2D eigenvalue weighted by Gasteiger charge is -2.27. The predicted octanol–water partition coefficient (Wildman–Crippen LogP) is 3.23. The molecule has 1 fully saturated rings. The van der Waals surface area contributed by atoms with E-state index >= 15 is 0 Å². The number of hydrogen-bond acceptors (Lipinski definition) is 7. The van der Waals surface area contributed by atoms with Crippen LogP contribution < -0.4 is 9.47 Å². The van der Waals surface area contributed by atoms with E-state index in [9.17, 15) is 14.4 Å². The van der Waals surface area contributed by atoms with Gasteiger partial charge in [-0.3, -0.25) is 9.59 Å². The van der Waals surface area contributed by atoms with Gasteiger partial charge >= 0.3 is 12.1 Å². The number of benzene rings is 1. The normalized spacial score (nSPS) is 26.6. The molecule has 0 N–H and O–H groups in total. The van der Waals surface area contributed by atoms with Crippen LogP contribution in [-0.4, -0.2) is 47.9 Å². The number of hydrogen-bond donors (Lipinski definition) is 0. The van der Waals surface area contributed by atoms with Crippen LogP contribution in [0.5, 0.6) is 11.5 Å². The first kappa shape index (κ1) is 12.7. The quantitative estimate of drug-likeness (QED) is 0.684. The Morgan fingerprint density at radius 2 is 2.03 bits per heavy atom. The van der Waals surface area contributed by atoms with Gasteiger partial charge in [0, 0.05) is 4.11 Å². The van der Waals surface area contributed by atoms with Gasteiger partial charge in [-0.05, 0) is 44.3 Å². The summed E-state index contributed by atoms with van der Waals surface area (Å²) in [6, 6.07) is -4.01. The number of cyclic esters (lactones) is 1. The van der Waals surface area contributed by atoms with Gasteiger partial charge in [-0.25, -0.2) is 9.69 Å². The van der Waals surface area contributed by atoms with Crippen molar-refractivity contribution in [2.45, 2.75) is 58.5 Å². The van der Waals surface area contributed by atoms with Crippen molar-refractivity contribution in [3.05, 3.63) is 23.7 Å². The Labute approximate surface area is 181 Å². The minimum Gasteiger partial charge on any atom is -0.460 e. The van der Waals surface area contributed by atoms with Crippen LogP contribution in [0.1, 0.15) is 63.4 Å². The van der Waals surface area contributed by atoms with Crippen LogP contribution in [0.15, 0.2) is 18.1 Å². The predicted molar refractivity (Wildman–Crippen MR) is 103 cm³/mol. The zero-order valence-electron chi connectivity index (χ0n) is 24.7. The lowest BCUT2D eigenvalue weighted by atomic mass is 9.92. The number of nitrogens with zero attached hydrogens (tertiary/aromatic N) is 1. The molecule has 0 saturated carbocycles. The van der Waals surface area contributed by atoms with E-state index in [0.717, 1.165) is 0 Å². The fraction of sp³-hybridized carbons (Fsp3) is 0.571. The van der Waals surface area contributed by atoms with E-state index in [2.05, 4.69) is 0 Å². The third-order valence-electron chi connectivity index (χ3n) is 4.02. The molecule has 8 heteroatoms. The molecule has 1 saturated heterocycles. The molecule has 2 atom stereocenters. The number of ether oxygens (including phenoxy) is 4. The average molecular weight is 413 g/mol. The molecule has 0 aliphatic carbocycles. The van der Waals surface area contributed by atoms with Crippen LogP contribution in [-0.2, 0) is 19.1 Å². The third-order valence-corrected chi connectivity index (χ3v) is 4.02. The number of fused-ring (bicyclic) bond motifs is 1. The lowest BCUT2D eigenvalue weighted by Crippen LogP contribution is -2.44. The molecule has 3 rings (SSSR count). The van der Waals surface area contributed by atoms with Crippen molar-refractivity contribution in [1.29, 1.82) is 0 Å². The summed E-state index contributed by atoms with van der Waals surface area (Å²) in [5.74, 6) is -8.74. The third kappa shape index (κ3) is 4.63. The second-order valence-corrected chi connectivity index (χ2v) is 7.76. The molecular formula is C21H27NO7. The maximum Gasteiger partial charge on any atom is 0.417 e. The van der Waals surface area contributed by atoms with E-state index in [1.54, 1.807) is 13.8 Å². The first-order valence-corrected chi connectivity index (χ1v) is 8.93. The first-order chi connectivity index (χ1) is 16.7. The molecule has 1 aromatic carbocycles. The molecule has 158 valence electrons. The van der Waals surface area contributed by atoms with Gasteiger partial charge in [0.2, 0.25) is 12.7 Å². The van der Waals surface area contributed by atoms with Gasteiger partial charge < -0.3 is 18.9 Å². The summed E-state index contributed by atoms with van der Waals surface area (Å²) in [6.07, 6.45) is -4.85.